The zero-order chi connectivity index (χ0) is 23.8. The predicted molar refractivity (Wildman–Crippen MR) is 124 cm³/mol. The molecule has 0 aromatic rings. The number of amides is 1. The van der Waals surface area contributed by atoms with Crippen molar-refractivity contribution in [3.05, 3.63) is 0 Å². The van der Waals surface area contributed by atoms with Crippen LogP contribution in [0.4, 0.5) is 0 Å². The van der Waals surface area contributed by atoms with Gasteiger partial charge >= 0.3 is 0 Å². The molecule has 0 saturated carbocycles. The summed E-state index contributed by atoms with van der Waals surface area (Å²) in [6.07, 6.45) is 1.72. The number of nitrogens with one attached hydrogen (secondary N) is 1. The zero-order valence-corrected chi connectivity index (χ0v) is 21.5. The normalized spacial score (nSPS) is 13.6. The van der Waals surface area contributed by atoms with Gasteiger partial charge in [-0.05, 0) is 60.5 Å². The largest absolute Gasteiger partial charge is 0.380 e. The second-order valence-corrected chi connectivity index (χ2v) is 11.7. The molecule has 0 aromatic carbocycles. The van der Waals surface area contributed by atoms with E-state index in [0.717, 1.165) is 6.42 Å². The Morgan fingerprint density at radius 2 is 1.40 bits per heavy atom. The summed E-state index contributed by atoms with van der Waals surface area (Å²) in [5, 5.41) is 3.02. The molecule has 6 heteroatoms. The lowest BCUT2D eigenvalue weighted by molar-refractivity contribution is -0.128. The third kappa shape index (κ3) is 13.3. The van der Waals surface area contributed by atoms with E-state index in [1.54, 1.807) is 6.92 Å². The van der Waals surface area contributed by atoms with Gasteiger partial charge in [0.15, 0.2) is 0 Å². The maximum absolute atomic E-state index is 12.5. The molecule has 178 valence electrons. The molecule has 0 aromatic heterocycles. The van der Waals surface area contributed by atoms with Crippen molar-refractivity contribution in [2.24, 2.45) is 10.8 Å². The number of carbonyl (C=O) groups excluding carboxylic acids is 2. The summed E-state index contributed by atoms with van der Waals surface area (Å²) in [6, 6.07) is 0. The highest BCUT2D eigenvalue weighted by Gasteiger charge is 2.28. The van der Waals surface area contributed by atoms with Crippen molar-refractivity contribution < 1.29 is 19.1 Å². The Labute approximate surface area is 185 Å². The molecular weight excluding hydrogens is 380 g/mol. The lowest BCUT2D eigenvalue weighted by Crippen LogP contribution is -2.42. The van der Waals surface area contributed by atoms with Crippen molar-refractivity contribution in [3.8, 4) is 0 Å². The second kappa shape index (κ2) is 11.6. The highest BCUT2D eigenvalue weighted by molar-refractivity contribution is 5.77. The first-order valence-corrected chi connectivity index (χ1v) is 11.0. The van der Waals surface area contributed by atoms with Crippen LogP contribution in [0.25, 0.3) is 0 Å². The average molecular weight is 429 g/mol. The number of nitrogens with zero attached hydrogens (tertiary/aromatic N) is 1. The van der Waals surface area contributed by atoms with Crippen LogP contribution in [0.3, 0.4) is 0 Å². The van der Waals surface area contributed by atoms with E-state index in [2.05, 4.69) is 52.0 Å². The fourth-order valence-corrected chi connectivity index (χ4v) is 3.02. The van der Waals surface area contributed by atoms with Crippen molar-refractivity contribution in [2.75, 3.05) is 40.5 Å². The molecular formula is C24H48N2O4. The quantitative estimate of drug-likeness (QED) is 0.426. The number of carbonyl (C=O) groups is 2. The van der Waals surface area contributed by atoms with Gasteiger partial charge in [-0.1, -0.05) is 27.7 Å². The molecule has 0 unspecified atom stereocenters. The summed E-state index contributed by atoms with van der Waals surface area (Å²) < 4.78 is 11.9. The van der Waals surface area contributed by atoms with E-state index in [-0.39, 0.29) is 28.1 Å². The Kier molecular flexibility index (Phi) is 11.2. The molecule has 0 fully saturated rings. The smallest absolute Gasteiger partial charge is 0.222 e. The van der Waals surface area contributed by atoms with E-state index in [9.17, 15) is 9.59 Å². The van der Waals surface area contributed by atoms with Gasteiger partial charge in [0, 0.05) is 30.5 Å². The number of hydrogen-bond donors (Lipinski definition) is 1. The highest BCUT2D eigenvalue weighted by Crippen LogP contribution is 2.23. The van der Waals surface area contributed by atoms with Crippen LogP contribution in [0.5, 0.6) is 0 Å². The molecule has 0 spiro atoms. The molecule has 0 radical (unpaired) electrons. The monoisotopic (exact) mass is 428 g/mol. The van der Waals surface area contributed by atoms with Crippen LogP contribution in [0.1, 0.15) is 81.6 Å². The molecule has 0 atom stereocenters. The summed E-state index contributed by atoms with van der Waals surface area (Å²) in [5.41, 5.74) is -0.818. The molecule has 0 saturated heterocycles. The van der Waals surface area contributed by atoms with Crippen molar-refractivity contribution in [1.29, 1.82) is 0 Å². The Morgan fingerprint density at radius 1 is 0.867 bits per heavy atom. The van der Waals surface area contributed by atoms with E-state index in [0.29, 0.717) is 39.2 Å². The fourth-order valence-electron chi connectivity index (χ4n) is 3.02. The van der Waals surface area contributed by atoms with E-state index in [1.165, 1.54) is 0 Å². The molecule has 1 N–H and O–H groups in total. The third-order valence-corrected chi connectivity index (χ3v) is 5.48. The lowest BCUT2D eigenvalue weighted by atomic mass is 9.88. The van der Waals surface area contributed by atoms with Gasteiger partial charge in [-0.2, -0.15) is 0 Å². The Morgan fingerprint density at radius 3 is 1.90 bits per heavy atom. The Bertz CT molecular complexity index is 551. The summed E-state index contributed by atoms with van der Waals surface area (Å²) in [5.74, 6) is 0.155. The molecule has 0 aliphatic heterocycles. The number of hydrogen-bond acceptors (Lipinski definition) is 5. The Hall–Kier alpha value is -0.980. The first kappa shape index (κ1) is 29.0. The van der Waals surface area contributed by atoms with E-state index >= 15 is 0 Å². The molecule has 0 heterocycles. The van der Waals surface area contributed by atoms with Gasteiger partial charge < -0.3 is 24.5 Å². The van der Waals surface area contributed by atoms with Gasteiger partial charge in [0.2, 0.25) is 5.91 Å². The average Bonchev–Trinajstić information content (AvgIpc) is 2.50. The zero-order valence-electron chi connectivity index (χ0n) is 21.5. The van der Waals surface area contributed by atoms with Crippen molar-refractivity contribution in [1.82, 2.24) is 10.2 Å². The van der Waals surface area contributed by atoms with Gasteiger partial charge in [-0.25, -0.2) is 0 Å². The van der Waals surface area contributed by atoms with Crippen molar-refractivity contribution >= 4 is 11.7 Å². The molecule has 30 heavy (non-hydrogen) atoms. The van der Waals surface area contributed by atoms with Crippen molar-refractivity contribution in [3.63, 3.8) is 0 Å². The number of Topliss-reactive ketones (excluding diaryl/α,β-unsaturated/α-hetero) is 1. The molecule has 0 aliphatic carbocycles. The molecule has 0 bridgehead atoms. The minimum Gasteiger partial charge on any atom is -0.380 e. The molecule has 0 rings (SSSR count). The van der Waals surface area contributed by atoms with Gasteiger partial charge in [-0.15, -0.1) is 0 Å². The maximum atomic E-state index is 12.5. The highest BCUT2D eigenvalue weighted by atomic mass is 16.5. The van der Waals surface area contributed by atoms with Crippen LogP contribution in [0, 0.1) is 10.8 Å². The minimum atomic E-state index is -0.510. The molecule has 1 amide bonds. The van der Waals surface area contributed by atoms with Gasteiger partial charge in [0.05, 0.1) is 25.2 Å². The van der Waals surface area contributed by atoms with E-state index in [4.69, 9.17) is 9.47 Å². The number of ketones is 1. The van der Waals surface area contributed by atoms with Crippen LogP contribution >= 0.6 is 0 Å². The predicted octanol–water partition coefficient (Wildman–Crippen LogP) is 4.07. The van der Waals surface area contributed by atoms with E-state index < -0.39 is 5.60 Å². The summed E-state index contributed by atoms with van der Waals surface area (Å²) in [4.78, 5) is 26.0. The van der Waals surface area contributed by atoms with Gasteiger partial charge in [0.25, 0.3) is 0 Å². The lowest BCUT2D eigenvalue weighted by Gasteiger charge is -2.34. The van der Waals surface area contributed by atoms with Crippen LogP contribution in [0.2, 0.25) is 0 Å². The maximum Gasteiger partial charge on any atom is 0.222 e. The van der Waals surface area contributed by atoms with Crippen molar-refractivity contribution in [2.45, 2.75) is 92.7 Å². The first-order chi connectivity index (χ1) is 13.4. The third-order valence-electron chi connectivity index (χ3n) is 5.48. The van der Waals surface area contributed by atoms with E-state index in [1.807, 2.05) is 27.7 Å². The summed E-state index contributed by atoms with van der Waals surface area (Å²) in [6.45, 7) is 20.3. The van der Waals surface area contributed by atoms with Crippen LogP contribution < -0.4 is 5.32 Å². The fraction of sp³-hybridized carbons (Fsp3) is 0.917. The standard InChI is InChI=1S/C24H48N2O4/c1-19(27)14-21(2,3)17-29-18-22(4,5)16-25-20(28)15-24(8,9)30-13-12-23(6,7)26(10)11/h12-18H2,1-11H3,(H,25,28). The van der Waals surface area contributed by atoms with Crippen LogP contribution in [-0.2, 0) is 19.1 Å². The van der Waals surface area contributed by atoms with Crippen LogP contribution in [-0.4, -0.2) is 68.2 Å². The summed E-state index contributed by atoms with van der Waals surface area (Å²) >= 11 is 0. The number of ether oxygens (including phenoxy) is 2. The van der Waals surface area contributed by atoms with Gasteiger partial charge in [0.1, 0.15) is 5.78 Å². The SMILES string of the molecule is CC(=O)CC(C)(C)COCC(C)(C)CNC(=O)CC(C)(C)OCCC(C)(C)N(C)C. The number of rotatable bonds is 15. The first-order valence-electron chi connectivity index (χ1n) is 11.0. The Balaban J connectivity index is 4.35. The topological polar surface area (TPSA) is 67.9 Å². The summed E-state index contributed by atoms with van der Waals surface area (Å²) in [7, 11) is 4.13. The molecule has 6 nitrogen and oxygen atoms in total. The van der Waals surface area contributed by atoms with Gasteiger partial charge in [-0.3, -0.25) is 4.79 Å². The second-order valence-electron chi connectivity index (χ2n) is 11.7. The van der Waals surface area contributed by atoms with Crippen LogP contribution in [0.15, 0.2) is 0 Å². The molecule has 0 aliphatic rings. The minimum absolute atomic E-state index is 0.0168.